The summed E-state index contributed by atoms with van der Waals surface area (Å²) in [7, 11) is 1.53. The molecule has 0 aliphatic heterocycles. The van der Waals surface area contributed by atoms with E-state index in [1.54, 1.807) is 55.5 Å². The van der Waals surface area contributed by atoms with E-state index in [4.69, 9.17) is 9.84 Å². The third-order valence-electron chi connectivity index (χ3n) is 4.62. The van der Waals surface area contributed by atoms with E-state index in [-0.39, 0.29) is 28.8 Å². The van der Waals surface area contributed by atoms with Crippen molar-refractivity contribution in [2.75, 3.05) is 17.7 Å². The van der Waals surface area contributed by atoms with Gasteiger partial charge in [0.1, 0.15) is 17.1 Å². The van der Waals surface area contributed by atoms with Crippen LogP contribution in [0.3, 0.4) is 0 Å². The van der Waals surface area contributed by atoms with E-state index in [2.05, 4.69) is 10.6 Å². The first-order valence-corrected chi connectivity index (χ1v) is 10.7. The van der Waals surface area contributed by atoms with Crippen LogP contribution in [0, 0.1) is 0 Å². The van der Waals surface area contributed by atoms with Crippen LogP contribution in [0.5, 0.6) is 11.5 Å². The molecule has 1 unspecified atom stereocenters. The number of aromatic carboxylic acids is 1. The molecule has 1 atom stereocenters. The third kappa shape index (κ3) is 6.27. The second-order valence-corrected chi connectivity index (χ2v) is 8.41. The lowest BCUT2D eigenvalue weighted by atomic mass is 10.2. The normalized spacial score (nSPS) is 11.3. The topological polar surface area (TPSA) is 125 Å². The fourth-order valence-corrected chi connectivity index (χ4v) is 3.74. The van der Waals surface area contributed by atoms with Gasteiger partial charge >= 0.3 is 5.97 Å². The number of aromatic hydroxyl groups is 1. The minimum absolute atomic E-state index is 0.267. The first-order valence-electron chi connectivity index (χ1n) is 9.86. The maximum absolute atomic E-state index is 12.5. The number of methoxy groups -OCH3 is 1. The Morgan fingerprint density at radius 2 is 1.64 bits per heavy atom. The number of phenols is 1. The molecular weight excluding hydrogens is 444 g/mol. The lowest BCUT2D eigenvalue weighted by Crippen LogP contribution is -2.22. The highest BCUT2D eigenvalue weighted by Gasteiger charge is 2.17. The molecule has 33 heavy (non-hydrogen) atoms. The summed E-state index contributed by atoms with van der Waals surface area (Å²) < 4.78 is 5.13. The van der Waals surface area contributed by atoms with Gasteiger partial charge in [-0.2, -0.15) is 0 Å². The molecule has 9 heteroatoms. The number of carbonyl (C=O) groups excluding carboxylic acids is 2. The molecule has 0 radical (unpaired) electrons. The molecule has 0 aromatic heterocycles. The predicted octanol–water partition coefficient (Wildman–Crippen LogP) is 4.47. The van der Waals surface area contributed by atoms with E-state index >= 15 is 0 Å². The van der Waals surface area contributed by atoms with Gasteiger partial charge in [0.25, 0.3) is 5.91 Å². The van der Waals surface area contributed by atoms with E-state index in [0.29, 0.717) is 17.0 Å². The molecule has 0 fully saturated rings. The summed E-state index contributed by atoms with van der Waals surface area (Å²) in [4.78, 5) is 36.9. The lowest BCUT2D eigenvalue weighted by molar-refractivity contribution is -0.115. The van der Waals surface area contributed by atoms with E-state index in [9.17, 15) is 19.5 Å². The van der Waals surface area contributed by atoms with Crippen LogP contribution >= 0.6 is 11.8 Å². The Kier molecular flexibility index (Phi) is 7.57. The maximum atomic E-state index is 12.5. The van der Waals surface area contributed by atoms with Gasteiger partial charge in [-0.05, 0) is 67.6 Å². The van der Waals surface area contributed by atoms with Gasteiger partial charge in [0, 0.05) is 21.8 Å². The van der Waals surface area contributed by atoms with E-state index in [1.807, 2.05) is 0 Å². The van der Waals surface area contributed by atoms with Crippen molar-refractivity contribution in [1.82, 2.24) is 0 Å². The Hall–Kier alpha value is -3.98. The van der Waals surface area contributed by atoms with E-state index in [1.165, 1.54) is 37.1 Å². The molecule has 4 N–H and O–H groups in total. The van der Waals surface area contributed by atoms with Gasteiger partial charge in [0.05, 0.1) is 12.4 Å². The van der Waals surface area contributed by atoms with Gasteiger partial charge in [-0.25, -0.2) is 4.79 Å². The number of benzene rings is 3. The standard InChI is InChI=1S/C24H22N2O6S/c1-14(22(28)26-17-8-11-21(27)20(13-17)24(30)31)33-19-9-6-16(7-10-19)25-23(29)15-4-3-5-18(12-15)32-2/h3-14,27H,1-2H3,(H,25,29)(H,26,28)(H,30,31). The van der Waals surface area contributed by atoms with E-state index in [0.717, 1.165) is 4.90 Å². The number of anilines is 2. The Morgan fingerprint density at radius 1 is 0.939 bits per heavy atom. The minimum atomic E-state index is -1.29. The van der Waals surface area contributed by atoms with Crippen LogP contribution in [0.15, 0.2) is 71.6 Å². The molecule has 0 spiro atoms. The molecule has 3 rings (SSSR count). The number of carbonyl (C=O) groups is 3. The largest absolute Gasteiger partial charge is 0.507 e. The molecule has 0 bridgehead atoms. The molecule has 0 heterocycles. The van der Waals surface area contributed by atoms with Crippen LogP contribution in [-0.2, 0) is 4.79 Å². The van der Waals surface area contributed by atoms with Gasteiger partial charge in [-0.15, -0.1) is 11.8 Å². The van der Waals surface area contributed by atoms with Crippen LogP contribution in [0.1, 0.15) is 27.6 Å². The SMILES string of the molecule is COc1cccc(C(=O)Nc2ccc(SC(C)C(=O)Nc3ccc(O)c(C(=O)O)c3)cc2)c1. The van der Waals surface area contributed by atoms with Gasteiger partial charge in [-0.3, -0.25) is 9.59 Å². The first kappa shape index (κ1) is 23.7. The number of ether oxygens (including phenoxy) is 1. The van der Waals surface area contributed by atoms with Crippen molar-refractivity contribution in [2.24, 2.45) is 0 Å². The van der Waals surface area contributed by atoms with Crippen LogP contribution in [0.4, 0.5) is 11.4 Å². The van der Waals surface area contributed by atoms with Crippen molar-refractivity contribution < 1.29 is 29.3 Å². The Balaban J connectivity index is 1.58. The van der Waals surface area contributed by atoms with Crippen LogP contribution < -0.4 is 15.4 Å². The highest BCUT2D eigenvalue weighted by atomic mass is 32.2. The monoisotopic (exact) mass is 466 g/mol. The van der Waals surface area contributed by atoms with Crippen molar-refractivity contribution in [3.8, 4) is 11.5 Å². The van der Waals surface area contributed by atoms with Gasteiger partial charge in [0.2, 0.25) is 5.91 Å². The average Bonchev–Trinajstić information content (AvgIpc) is 2.81. The van der Waals surface area contributed by atoms with Crippen LogP contribution in [0.2, 0.25) is 0 Å². The van der Waals surface area contributed by atoms with Crippen molar-refractivity contribution in [1.29, 1.82) is 0 Å². The lowest BCUT2D eigenvalue weighted by Gasteiger charge is -2.13. The minimum Gasteiger partial charge on any atom is -0.507 e. The smallest absolute Gasteiger partial charge is 0.339 e. The van der Waals surface area contributed by atoms with Gasteiger partial charge in [-0.1, -0.05) is 6.07 Å². The fourth-order valence-electron chi connectivity index (χ4n) is 2.87. The molecule has 0 aliphatic rings. The average molecular weight is 467 g/mol. The number of amides is 2. The molecule has 8 nitrogen and oxygen atoms in total. The third-order valence-corrected chi connectivity index (χ3v) is 5.73. The van der Waals surface area contributed by atoms with Gasteiger partial charge in [0.15, 0.2) is 0 Å². The van der Waals surface area contributed by atoms with Crippen molar-refractivity contribution in [2.45, 2.75) is 17.1 Å². The Morgan fingerprint density at radius 3 is 2.30 bits per heavy atom. The molecule has 3 aromatic carbocycles. The summed E-state index contributed by atoms with van der Waals surface area (Å²) >= 11 is 1.31. The zero-order valence-electron chi connectivity index (χ0n) is 17.9. The zero-order chi connectivity index (χ0) is 24.0. The second kappa shape index (κ2) is 10.6. The molecule has 0 aliphatic carbocycles. The van der Waals surface area contributed by atoms with Gasteiger partial charge < -0.3 is 25.6 Å². The number of nitrogens with one attached hydrogen (secondary N) is 2. The van der Waals surface area contributed by atoms with Crippen molar-refractivity contribution in [3.63, 3.8) is 0 Å². The number of hydrogen-bond donors (Lipinski definition) is 4. The highest BCUT2D eigenvalue weighted by molar-refractivity contribution is 8.00. The Labute approximate surface area is 194 Å². The number of carboxylic acids is 1. The summed E-state index contributed by atoms with van der Waals surface area (Å²) in [5.74, 6) is -1.66. The molecular formula is C24H22N2O6S. The molecule has 170 valence electrons. The highest BCUT2D eigenvalue weighted by Crippen LogP contribution is 2.27. The van der Waals surface area contributed by atoms with E-state index < -0.39 is 11.2 Å². The van der Waals surface area contributed by atoms with Crippen LogP contribution in [0.25, 0.3) is 0 Å². The maximum Gasteiger partial charge on any atom is 0.339 e. The molecule has 0 saturated carbocycles. The molecule has 0 saturated heterocycles. The summed E-state index contributed by atoms with van der Waals surface area (Å²) in [6, 6.07) is 17.7. The summed E-state index contributed by atoms with van der Waals surface area (Å²) in [5, 5.41) is 23.6. The molecule has 2 amide bonds. The number of carboxylic acid groups (broad SMARTS) is 1. The summed E-state index contributed by atoms with van der Waals surface area (Å²) in [6.45, 7) is 1.72. The van der Waals surface area contributed by atoms with Crippen molar-refractivity contribution in [3.05, 3.63) is 77.9 Å². The second-order valence-electron chi connectivity index (χ2n) is 7.00. The first-order chi connectivity index (χ1) is 15.8. The number of thioether (sulfide) groups is 1. The zero-order valence-corrected chi connectivity index (χ0v) is 18.7. The number of hydrogen-bond acceptors (Lipinski definition) is 6. The Bertz CT molecular complexity index is 1180. The number of rotatable bonds is 8. The summed E-state index contributed by atoms with van der Waals surface area (Å²) in [5.41, 5.74) is 1.06. The quantitative estimate of drug-likeness (QED) is 0.285. The predicted molar refractivity (Wildman–Crippen MR) is 126 cm³/mol. The molecule has 3 aromatic rings. The van der Waals surface area contributed by atoms with Crippen molar-refractivity contribution >= 4 is 40.9 Å². The summed E-state index contributed by atoms with van der Waals surface area (Å²) in [6.07, 6.45) is 0. The fraction of sp³-hybridized carbons (Fsp3) is 0.125. The van der Waals surface area contributed by atoms with Crippen LogP contribution in [-0.4, -0.2) is 40.4 Å².